The molecule has 142 valence electrons. The molecule has 0 bridgehead atoms. The number of nitrogens with zero attached hydrogens (tertiary/aromatic N) is 3. The maximum Gasteiger partial charge on any atom is 0.416 e. The van der Waals surface area contributed by atoms with E-state index in [2.05, 4.69) is 4.98 Å². The van der Waals surface area contributed by atoms with Crippen molar-refractivity contribution in [3.63, 3.8) is 0 Å². The van der Waals surface area contributed by atoms with Gasteiger partial charge in [-0.2, -0.15) is 17.5 Å². The number of halogens is 3. The molecule has 1 aromatic carbocycles. The third kappa shape index (κ3) is 2.88. The van der Waals surface area contributed by atoms with Gasteiger partial charge in [0, 0.05) is 25.8 Å². The van der Waals surface area contributed by atoms with E-state index in [1.54, 1.807) is 17.0 Å². The number of alkyl halides is 3. The number of piperazine rings is 1. The van der Waals surface area contributed by atoms with Crippen LogP contribution >= 0.6 is 0 Å². The Hall–Kier alpha value is -2.46. The Kier molecular flexibility index (Phi) is 4.00. The number of fused-ring (bicyclic) bond motifs is 3. The van der Waals surface area contributed by atoms with E-state index in [4.69, 9.17) is 0 Å². The lowest BCUT2D eigenvalue weighted by atomic mass is 10.1. The third-order valence-electron chi connectivity index (χ3n) is 4.79. The van der Waals surface area contributed by atoms with Crippen molar-refractivity contribution in [2.24, 2.45) is 0 Å². The van der Waals surface area contributed by atoms with Gasteiger partial charge in [-0.15, -0.1) is 0 Å². The number of hydrogen-bond donors (Lipinski definition) is 0. The van der Waals surface area contributed by atoms with E-state index in [9.17, 15) is 26.4 Å². The monoisotopic (exact) mass is 397 g/mol. The van der Waals surface area contributed by atoms with Crippen molar-refractivity contribution < 1.29 is 26.4 Å². The van der Waals surface area contributed by atoms with Gasteiger partial charge < -0.3 is 4.90 Å². The topological polar surface area (TPSA) is 70.6 Å². The van der Waals surface area contributed by atoms with Crippen molar-refractivity contribution in [2.75, 3.05) is 19.6 Å². The van der Waals surface area contributed by atoms with Gasteiger partial charge in [0.15, 0.2) is 0 Å². The molecule has 1 unspecified atom stereocenters. The van der Waals surface area contributed by atoms with E-state index >= 15 is 0 Å². The average molecular weight is 397 g/mol. The first-order valence-corrected chi connectivity index (χ1v) is 9.57. The van der Waals surface area contributed by atoms with Crippen LogP contribution in [0.3, 0.4) is 0 Å². The van der Waals surface area contributed by atoms with Gasteiger partial charge in [0.1, 0.15) is 0 Å². The second kappa shape index (κ2) is 6.03. The number of aromatic nitrogens is 1. The molecule has 0 aliphatic carbocycles. The van der Waals surface area contributed by atoms with Crippen LogP contribution in [0.25, 0.3) is 0 Å². The van der Waals surface area contributed by atoms with E-state index < -0.39 is 32.7 Å². The average Bonchev–Trinajstić information content (AvgIpc) is 2.94. The van der Waals surface area contributed by atoms with Crippen molar-refractivity contribution in [3.05, 3.63) is 59.4 Å². The maximum atomic E-state index is 12.9. The van der Waals surface area contributed by atoms with Crippen LogP contribution < -0.4 is 0 Å². The Morgan fingerprint density at radius 1 is 1.11 bits per heavy atom. The Labute approximate surface area is 153 Å². The van der Waals surface area contributed by atoms with Gasteiger partial charge in [0.05, 0.1) is 27.8 Å². The summed E-state index contributed by atoms with van der Waals surface area (Å²) in [6.45, 7) is 0.112. The molecule has 27 heavy (non-hydrogen) atoms. The fourth-order valence-electron chi connectivity index (χ4n) is 3.45. The molecule has 1 aromatic heterocycles. The number of carbonyl (C=O) groups excluding carboxylic acids is 1. The summed E-state index contributed by atoms with van der Waals surface area (Å²) in [5.41, 5.74) is -0.0995. The summed E-state index contributed by atoms with van der Waals surface area (Å²) in [5, 5.41) is 0. The summed E-state index contributed by atoms with van der Waals surface area (Å²) in [7, 11) is -4.14. The zero-order chi connectivity index (χ0) is 19.4. The van der Waals surface area contributed by atoms with E-state index in [1.807, 2.05) is 0 Å². The highest BCUT2D eigenvalue weighted by Crippen LogP contribution is 2.37. The molecule has 0 N–H and O–H groups in total. The predicted molar refractivity (Wildman–Crippen MR) is 88.2 cm³/mol. The van der Waals surface area contributed by atoms with Crippen LogP contribution in [-0.4, -0.2) is 48.1 Å². The van der Waals surface area contributed by atoms with E-state index in [0.717, 1.165) is 22.5 Å². The largest absolute Gasteiger partial charge is 0.416 e. The van der Waals surface area contributed by atoms with E-state index in [1.165, 1.54) is 6.20 Å². The lowest BCUT2D eigenvalue weighted by Gasteiger charge is -2.36. The summed E-state index contributed by atoms with van der Waals surface area (Å²) >= 11 is 0. The third-order valence-corrected chi connectivity index (χ3v) is 6.65. The normalized spacial score (nSPS) is 20.5. The van der Waals surface area contributed by atoms with Gasteiger partial charge in [-0.25, -0.2) is 8.42 Å². The van der Waals surface area contributed by atoms with Crippen LogP contribution in [-0.2, 0) is 16.2 Å². The first-order valence-electron chi connectivity index (χ1n) is 8.13. The van der Waals surface area contributed by atoms with Crippen LogP contribution in [0.1, 0.15) is 27.7 Å². The Bertz CT molecular complexity index is 1020. The molecule has 0 radical (unpaired) electrons. The van der Waals surface area contributed by atoms with Crippen molar-refractivity contribution in [2.45, 2.75) is 17.1 Å². The lowest BCUT2D eigenvalue weighted by molar-refractivity contribution is -0.137. The molecule has 4 rings (SSSR count). The molecule has 1 fully saturated rings. The van der Waals surface area contributed by atoms with Gasteiger partial charge in [0.2, 0.25) is 10.0 Å². The Morgan fingerprint density at radius 2 is 1.89 bits per heavy atom. The minimum absolute atomic E-state index is 0.00874. The second-order valence-corrected chi connectivity index (χ2v) is 8.28. The first kappa shape index (κ1) is 17.9. The van der Waals surface area contributed by atoms with Gasteiger partial charge >= 0.3 is 6.18 Å². The number of carbonyl (C=O) groups is 1. The Balaban J connectivity index is 1.66. The maximum absolute atomic E-state index is 12.9. The second-order valence-electron chi connectivity index (χ2n) is 6.34. The van der Waals surface area contributed by atoms with Gasteiger partial charge in [-0.05, 0) is 30.3 Å². The summed E-state index contributed by atoms with van der Waals surface area (Å²) in [4.78, 5) is 17.7. The van der Waals surface area contributed by atoms with Crippen molar-refractivity contribution in [1.82, 2.24) is 14.2 Å². The fourth-order valence-corrected chi connectivity index (χ4v) is 4.94. The number of benzene rings is 1. The molecular formula is C17H14F3N3O3S. The minimum atomic E-state index is -4.63. The van der Waals surface area contributed by atoms with Crippen LogP contribution in [0.5, 0.6) is 0 Å². The van der Waals surface area contributed by atoms with Crippen LogP contribution in [0.15, 0.2) is 47.5 Å². The molecule has 3 heterocycles. The molecule has 1 amide bonds. The summed E-state index contributed by atoms with van der Waals surface area (Å²) in [6.07, 6.45) is -3.11. The number of hydrogen-bond acceptors (Lipinski definition) is 4. The molecule has 2 aliphatic heterocycles. The predicted octanol–water partition coefficient (Wildman–Crippen LogP) is 2.30. The fraction of sp³-hybridized carbons (Fsp3) is 0.294. The first-order chi connectivity index (χ1) is 12.7. The highest BCUT2D eigenvalue weighted by molar-refractivity contribution is 7.89. The van der Waals surface area contributed by atoms with Gasteiger partial charge in [-0.1, -0.05) is 6.07 Å². The molecule has 2 aliphatic rings. The number of pyridine rings is 1. The molecule has 2 aromatic rings. The van der Waals surface area contributed by atoms with Crippen molar-refractivity contribution >= 4 is 15.9 Å². The summed E-state index contributed by atoms with van der Waals surface area (Å²) < 4.78 is 65.6. The minimum Gasteiger partial charge on any atom is -0.327 e. The Morgan fingerprint density at radius 3 is 2.63 bits per heavy atom. The van der Waals surface area contributed by atoms with Crippen LogP contribution in [0.2, 0.25) is 0 Å². The van der Waals surface area contributed by atoms with Crippen LogP contribution in [0, 0.1) is 0 Å². The standard InChI is InChI=1S/C17H14F3N3O3S/c18-17(19,20)11-3-1-4-12(9-11)27(25,26)22-7-8-23-14(10-22)15-13(16(23)24)5-2-6-21-15/h1-6,9,14H,7-8,10H2. The summed E-state index contributed by atoms with van der Waals surface area (Å²) in [6, 6.07) is 6.40. The number of rotatable bonds is 2. The molecular weight excluding hydrogens is 383 g/mol. The van der Waals surface area contributed by atoms with Gasteiger partial charge in [-0.3, -0.25) is 9.78 Å². The molecule has 1 saturated heterocycles. The SMILES string of the molecule is O=C1c2cccnc2C2CN(S(=O)(=O)c3cccc(C(F)(F)F)c3)CCN12. The molecule has 0 saturated carbocycles. The lowest BCUT2D eigenvalue weighted by Crippen LogP contribution is -2.49. The van der Waals surface area contributed by atoms with Gasteiger partial charge in [0.25, 0.3) is 5.91 Å². The summed E-state index contributed by atoms with van der Waals surface area (Å²) in [5.74, 6) is -0.209. The zero-order valence-corrected chi connectivity index (χ0v) is 14.7. The van der Waals surface area contributed by atoms with E-state index in [-0.39, 0.29) is 25.5 Å². The van der Waals surface area contributed by atoms with Crippen LogP contribution in [0.4, 0.5) is 13.2 Å². The molecule has 10 heteroatoms. The number of sulfonamides is 1. The number of amides is 1. The van der Waals surface area contributed by atoms with E-state index in [0.29, 0.717) is 17.3 Å². The molecule has 6 nitrogen and oxygen atoms in total. The molecule has 0 spiro atoms. The van der Waals surface area contributed by atoms with Crippen molar-refractivity contribution in [3.8, 4) is 0 Å². The smallest absolute Gasteiger partial charge is 0.327 e. The zero-order valence-electron chi connectivity index (χ0n) is 13.8. The highest BCUT2D eigenvalue weighted by Gasteiger charge is 2.44. The molecule has 1 atom stereocenters. The van der Waals surface area contributed by atoms with Crippen molar-refractivity contribution in [1.29, 1.82) is 0 Å². The quantitative estimate of drug-likeness (QED) is 0.780. The highest BCUT2D eigenvalue weighted by atomic mass is 32.2.